The molecule has 0 spiro atoms. The van der Waals surface area contributed by atoms with Crippen LogP contribution >= 0.6 is 0 Å². The van der Waals surface area contributed by atoms with Gasteiger partial charge < -0.3 is 25.6 Å². The largest absolute Gasteiger partial charge is 0.444 e. The number of piperidine rings is 2. The van der Waals surface area contributed by atoms with Gasteiger partial charge in [0.15, 0.2) is 0 Å². The molecule has 3 N–H and O–H groups in total. The van der Waals surface area contributed by atoms with Gasteiger partial charge in [0, 0.05) is 37.0 Å². The van der Waals surface area contributed by atoms with Crippen molar-refractivity contribution < 1.29 is 19.1 Å². The van der Waals surface area contributed by atoms with Crippen molar-refractivity contribution in [3.8, 4) is 0 Å². The standard InChI is InChI=1S/C30H42N2O3.C25H34N2O/c1-30(2,3)35-29(34)32-22-20-26(21-23-32)28(33)31-27(18-10-16-24-12-6-4-7-13-24)19-11-17-25-14-8-5-9-15-25;28-25(23-17-19-26-20-18-23)27-24(15-7-13-21-9-3-1-4-10-21)16-8-14-22-11-5-2-6-12-22/h4-9,12-15,26-27H,10-11,16-23H2,1-3H3,(H,31,33);1-6,9-12,23-24,26H,7-8,13-20H2,(H,27,28). The number of hydrogen-bond acceptors (Lipinski definition) is 5. The van der Waals surface area contributed by atoms with E-state index in [1.54, 1.807) is 4.90 Å². The fourth-order valence-electron chi connectivity index (χ4n) is 8.74. The molecule has 0 bridgehead atoms. The summed E-state index contributed by atoms with van der Waals surface area (Å²) in [4.78, 5) is 39.9. The number of carbonyl (C=O) groups is 3. The van der Waals surface area contributed by atoms with Crippen molar-refractivity contribution in [1.82, 2.24) is 20.9 Å². The topological polar surface area (TPSA) is 99.8 Å². The van der Waals surface area contributed by atoms with Crippen molar-refractivity contribution in [1.29, 1.82) is 0 Å². The minimum absolute atomic E-state index is 0.0422. The molecule has 0 saturated carbocycles. The number of carbonyl (C=O) groups excluding carboxylic acids is 3. The summed E-state index contributed by atoms with van der Waals surface area (Å²) in [5.41, 5.74) is 4.95. The molecule has 340 valence electrons. The Balaban J connectivity index is 0.000000243. The Labute approximate surface area is 379 Å². The van der Waals surface area contributed by atoms with Crippen LogP contribution in [-0.2, 0) is 40.0 Å². The van der Waals surface area contributed by atoms with Crippen LogP contribution in [0.4, 0.5) is 4.79 Å². The van der Waals surface area contributed by atoms with Crippen LogP contribution in [0.15, 0.2) is 121 Å². The Bertz CT molecular complexity index is 1760. The molecule has 8 heteroatoms. The first-order valence-corrected chi connectivity index (χ1v) is 24.1. The fourth-order valence-corrected chi connectivity index (χ4v) is 8.74. The zero-order valence-electron chi connectivity index (χ0n) is 38.6. The van der Waals surface area contributed by atoms with Crippen molar-refractivity contribution in [2.45, 2.75) is 141 Å². The highest BCUT2D eigenvalue weighted by Crippen LogP contribution is 2.22. The monoisotopic (exact) mass is 857 g/mol. The van der Waals surface area contributed by atoms with Gasteiger partial charge in [0.05, 0.1) is 0 Å². The normalized spacial score (nSPS) is 14.8. The van der Waals surface area contributed by atoms with Gasteiger partial charge in [-0.05, 0) is 159 Å². The highest BCUT2D eigenvalue weighted by Gasteiger charge is 2.31. The van der Waals surface area contributed by atoms with E-state index < -0.39 is 5.60 Å². The first kappa shape index (κ1) is 49.1. The number of nitrogens with one attached hydrogen (secondary N) is 3. The second kappa shape index (κ2) is 27.3. The summed E-state index contributed by atoms with van der Waals surface area (Å²) in [6.45, 7) is 8.69. The molecule has 4 aromatic carbocycles. The minimum Gasteiger partial charge on any atom is -0.444 e. The SMILES string of the molecule is CC(C)(C)OC(=O)N1CCC(C(=O)NC(CCCc2ccccc2)CCCc2ccccc2)CC1.O=C(NC(CCCc1ccccc1)CCCc1ccccc1)C1CCNCC1. The smallest absolute Gasteiger partial charge is 0.410 e. The van der Waals surface area contributed by atoms with Crippen molar-refractivity contribution in [3.05, 3.63) is 144 Å². The molecule has 2 fully saturated rings. The van der Waals surface area contributed by atoms with E-state index >= 15 is 0 Å². The maximum absolute atomic E-state index is 13.1. The predicted octanol–water partition coefficient (Wildman–Crippen LogP) is 10.7. The van der Waals surface area contributed by atoms with Crippen LogP contribution in [0.3, 0.4) is 0 Å². The van der Waals surface area contributed by atoms with Crippen LogP contribution < -0.4 is 16.0 Å². The number of amides is 3. The molecule has 0 radical (unpaired) electrons. The van der Waals surface area contributed by atoms with E-state index in [2.05, 4.69) is 125 Å². The molecule has 0 aromatic heterocycles. The third-order valence-corrected chi connectivity index (χ3v) is 12.4. The average molecular weight is 857 g/mol. The van der Waals surface area contributed by atoms with E-state index in [0.717, 1.165) is 103 Å². The lowest BCUT2D eigenvalue weighted by Gasteiger charge is -2.33. The molecular weight excluding hydrogens is 781 g/mol. The van der Waals surface area contributed by atoms with Crippen molar-refractivity contribution in [3.63, 3.8) is 0 Å². The summed E-state index contributed by atoms with van der Waals surface area (Å²) in [6.07, 6.45) is 15.7. The van der Waals surface area contributed by atoms with Gasteiger partial charge in [-0.3, -0.25) is 9.59 Å². The minimum atomic E-state index is -0.502. The molecule has 0 unspecified atom stereocenters. The molecule has 2 heterocycles. The number of nitrogens with zero attached hydrogens (tertiary/aromatic N) is 1. The number of hydrogen-bond donors (Lipinski definition) is 3. The van der Waals surface area contributed by atoms with Crippen LogP contribution in [0.2, 0.25) is 0 Å². The highest BCUT2D eigenvalue weighted by molar-refractivity contribution is 5.80. The van der Waals surface area contributed by atoms with Gasteiger partial charge in [-0.2, -0.15) is 0 Å². The molecule has 2 saturated heterocycles. The van der Waals surface area contributed by atoms with Gasteiger partial charge >= 0.3 is 6.09 Å². The number of ether oxygens (including phenoxy) is 1. The lowest BCUT2D eigenvalue weighted by molar-refractivity contribution is -0.127. The van der Waals surface area contributed by atoms with E-state index in [9.17, 15) is 14.4 Å². The Hall–Kier alpha value is -4.95. The third-order valence-electron chi connectivity index (χ3n) is 12.4. The van der Waals surface area contributed by atoms with E-state index in [1.165, 1.54) is 22.3 Å². The lowest BCUT2D eigenvalue weighted by atomic mass is 9.94. The zero-order valence-corrected chi connectivity index (χ0v) is 38.6. The van der Waals surface area contributed by atoms with Gasteiger partial charge in [0.1, 0.15) is 5.60 Å². The van der Waals surface area contributed by atoms with Gasteiger partial charge in [-0.15, -0.1) is 0 Å². The lowest BCUT2D eigenvalue weighted by Crippen LogP contribution is -2.46. The van der Waals surface area contributed by atoms with Crippen molar-refractivity contribution in [2.75, 3.05) is 26.2 Å². The molecule has 6 rings (SSSR count). The number of likely N-dealkylation sites (tertiary alicyclic amines) is 1. The molecule has 8 nitrogen and oxygen atoms in total. The Morgan fingerprint density at radius 3 is 1.17 bits per heavy atom. The Morgan fingerprint density at radius 1 is 0.540 bits per heavy atom. The fraction of sp³-hybridized carbons (Fsp3) is 0.509. The average Bonchev–Trinajstić information content (AvgIpc) is 3.30. The third kappa shape index (κ3) is 19.5. The molecule has 63 heavy (non-hydrogen) atoms. The second-order valence-electron chi connectivity index (χ2n) is 18.7. The Morgan fingerprint density at radius 2 is 0.857 bits per heavy atom. The first-order valence-electron chi connectivity index (χ1n) is 24.1. The molecular formula is C55H76N4O4. The van der Waals surface area contributed by atoms with Gasteiger partial charge in [0.25, 0.3) is 0 Å². The molecule has 0 aliphatic carbocycles. The molecule has 4 aromatic rings. The molecule has 2 aliphatic heterocycles. The number of aryl methyl sites for hydroxylation is 4. The van der Waals surface area contributed by atoms with E-state index in [4.69, 9.17) is 4.74 Å². The summed E-state index contributed by atoms with van der Waals surface area (Å²) in [7, 11) is 0. The van der Waals surface area contributed by atoms with E-state index in [-0.39, 0.29) is 41.8 Å². The summed E-state index contributed by atoms with van der Waals surface area (Å²) in [6, 6.07) is 42.9. The summed E-state index contributed by atoms with van der Waals surface area (Å²) in [5.74, 6) is 0.551. The molecule has 0 atom stereocenters. The quantitative estimate of drug-likeness (QED) is 0.0822. The van der Waals surface area contributed by atoms with Crippen molar-refractivity contribution >= 4 is 17.9 Å². The van der Waals surface area contributed by atoms with E-state index in [1.807, 2.05) is 32.9 Å². The van der Waals surface area contributed by atoms with Gasteiger partial charge in [-0.1, -0.05) is 121 Å². The van der Waals surface area contributed by atoms with Gasteiger partial charge in [0.2, 0.25) is 11.8 Å². The number of benzene rings is 4. The Kier molecular flexibility index (Phi) is 21.3. The van der Waals surface area contributed by atoms with E-state index in [0.29, 0.717) is 25.9 Å². The van der Waals surface area contributed by atoms with Crippen LogP contribution in [0.1, 0.15) is 120 Å². The second-order valence-corrected chi connectivity index (χ2v) is 18.7. The van der Waals surface area contributed by atoms with Gasteiger partial charge in [-0.25, -0.2) is 4.79 Å². The van der Waals surface area contributed by atoms with Crippen LogP contribution in [0.5, 0.6) is 0 Å². The van der Waals surface area contributed by atoms with Crippen molar-refractivity contribution in [2.24, 2.45) is 11.8 Å². The van der Waals surface area contributed by atoms with Crippen LogP contribution in [0.25, 0.3) is 0 Å². The maximum Gasteiger partial charge on any atom is 0.410 e. The maximum atomic E-state index is 13.1. The molecule has 2 aliphatic rings. The van der Waals surface area contributed by atoms with Crippen LogP contribution in [0, 0.1) is 11.8 Å². The summed E-state index contributed by atoms with van der Waals surface area (Å²) in [5, 5.41) is 10.1. The first-order chi connectivity index (χ1) is 30.6. The molecule has 3 amide bonds. The van der Waals surface area contributed by atoms with Crippen LogP contribution in [-0.4, -0.2) is 66.7 Å². The summed E-state index contributed by atoms with van der Waals surface area (Å²) >= 11 is 0. The zero-order chi connectivity index (χ0) is 44.5. The highest BCUT2D eigenvalue weighted by atomic mass is 16.6. The number of rotatable bonds is 20. The predicted molar refractivity (Wildman–Crippen MR) is 258 cm³/mol. The summed E-state index contributed by atoms with van der Waals surface area (Å²) < 4.78 is 5.49.